The van der Waals surface area contributed by atoms with Crippen molar-refractivity contribution in [3.63, 3.8) is 0 Å². The van der Waals surface area contributed by atoms with Crippen molar-refractivity contribution >= 4 is 11.9 Å². The number of ether oxygens (including phenoxy) is 3. The van der Waals surface area contributed by atoms with Crippen molar-refractivity contribution in [3.8, 4) is 0 Å². The third kappa shape index (κ3) is 37.2. The summed E-state index contributed by atoms with van der Waals surface area (Å²) in [6, 6.07) is -0.815. The molecular weight excluding hydrogens is 859 g/mol. The average molecular weight is 968 g/mol. The van der Waals surface area contributed by atoms with Gasteiger partial charge in [-0.05, 0) is 32.1 Å². The number of aliphatic hydroxyl groups is 5. The molecule has 0 spiro atoms. The summed E-state index contributed by atoms with van der Waals surface area (Å²) >= 11 is 0. The molecule has 7 unspecified atom stereocenters. The Morgan fingerprint density at radius 2 is 0.926 bits per heavy atom. The molecule has 1 fully saturated rings. The Hall–Kier alpha value is -1.60. The summed E-state index contributed by atoms with van der Waals surface area (Å²) in [4.78, 5) is 25.1. The van der Waals surface area contributed by atoms with Crippen molar-refractivity contribution in [2.24, 2.45) is 0 Å². The minimum absolute atomic E-state index is 0.0188. The van der Waals surface area contributed by atoms with Crippen molar-refractivity contribution in [1.82, 2.24) is 5.32 Å². The van der Waals surface area contributed by atoms with Crippen LogP contribution in [0.4, 0.5) is 0 Å². The maximum absolute atomic E-state index is 13.0. The van der Waals surface area contributed by atoms with Crippen LogP contribution in [0, 0.1) is 0 Å². The highest BCUT2D eigenvalue weighted by molar-refractivity contribution is 5.76. The summed E-state index contributed by atoms with van der Waals surface area (Å²) in [5.74, 6) is -0.212. The molecule has 6 N–H and O–H groups in total. The zero-order chi connectivity index (χ0) is 49.6. The van der Waals surface area contributed by atoms with Crippen LogP contribution in [0.2, 0.25) is 0 Å². The molecule has 1 aliphatic heterocycles. The number of carbonyl (C=O) groups is 2. The maximum Gasteiger partial charge on any atom is 0.305 e. The molecule has 0 aromatic heterocycles. The van der Waals surface area contributed by atoms with Crippen LogP contribution >= 0.6 is 0 Å². The van der Waals surface area contributed by atoms with Crippen LogP contribution in [0.25, 0.3) is 0 Å². The van der Waals surface area contributed by atoms with Crippen LogP contribution < -0.4 is 5.32 Å². The van der Waals surface area contributed by atoms with Gasteiger partial charge in [-0.2, -0.15) is 0 Å². The smallest absolute Gasteiger partial charge is 0.305 e. The van der Waals surface area contributed by atoms with Crippen LogP contribution in [0.5, 0.6) is 0 Å². The first-order valence-electron chi connectivity index (χ1n) is 29.0. The molecule has 402 valence electrons. The molecular formula is C57H109NO10. The van der Waals surface area contributed by atoms with Crippen LogP contribution in [0.15, 0.2) is 12.2 Å². The van der Waals surface area contributed by atoms with E-state index in [4.69, 9.17) is 14.2 Å². The van der Waals surface area contributed by atoms with E-state index < -0.39 is 49.5 Å². The summed E-state index contributed by atoms with van der Waals surface area (Å²) in [7, 11) is 0. The molecule has 1 heterocycles. The number of nitrogens with one attached hydrogen (secondary N) is 1. The lowest BCUT2D eigenvalue weighted by molar-refractivity contribution is -0.302. The number of hydrogen-bond acceptors (Lipinski definition) is 10. The Morgan fingerprint density at radius 3 is 1.37 bits per heavy atom. The normalized spacial score (nSPS) is 19.4. The minimum atomic E-state index is -1.57. The number of hydrogen-bond donors (Lipinski definition) is 6. The first-order valence-corrected chi connectivity index (χ1v) is 29.0. The van der Waals surface area contributed by atoms with Gasteiger partial charge in [0, 0.05) is 12.8 Å². The molecule has 1 aliphatic rings. The van der Waals surface area contributed by atoms with E-state index >= 15 is 0 Å². The fourth-order valence-electron chi connectivity index (χ4n) is 9.26. The Bertz CT molecular complexity index is 1140. The van der Waals surface area contributed by atoms with Gasteiger partial charge in [0.05, 0.1) is 32.0 Å². The van der Waals surface area contributed by atoms with Crippen molar-refractivity contribution in [1.29, 1.82) is 0 Å². The van der Waals surface area contributed by atoms with Gasteiger partial charge in [0.2, 0.25) is 5.91 Å². The molecule has 0 aromatic rings. The van der Waals surface area contributed by atoms with Gasteiger partial charge < -0.3 is 45.1 Å². The first kappa shape index (κ1) is 64.4. The number of esters is 1. The molecule has 68 heavy (non-hydrogen) atoms. The van der Waals surface area contributed by atoms with Crippen LogP contribution in [-0.4, -0.2) is 100 Å². The van der Waals surface area contributed by atoms with Crippen LogP contribution in [0.1, 0.15) is 277 Å². The third-order valence-electron chi connectivity index (χ3n) is 13.9. The molecule has 11 nitrogen and oxygen atoms in total. The second kappa shape index (κ2) is 47.7. The molecule has 7 atom stereocenters. The Morgan fingerprint density at radius 1 is 0.529 bits per heavy atom. The standard InChI is InChI=1S/C57H109NO10/c1-3-5-7-9-11-13-14-15-16-17-18-22-25-29-33-37-41-45-53(62)66-46-42-38-34-30-26-23-20-19-21-24-28-32-36-40-44-52(61)58-49(50(60)43-39-35-31-27-12-10-8-6-4-2)48-67-57-56(65)55(64)54(63)51(47-59)68-57/h39,43,49-51,54-57,59-60,63-65H,3-38,40-42,44-48H2,1-2H3,(H,58,61)/b43-39+. The summed E-state index contributed by atoms with van der Waals surface area (Å²) in [6.07, 6.45) is 44.5. The van der Waals surface area contributed by atoms with Crippen LogP contribution in [0.3, 0.4) is 0 Å². The fourth-order valence-corrected chi connectivity index (χ4v) is 9.26. The van der Waals surface area contributed by atoms with E-state index in [2.05, 4.69) is 19.2 Å². The van der Waals surface area contributed by atoms with Gasteiger partial charge in [-0.3, -0.25) is 9.59 Å². The van der Waals surface area contributed by atoms with E-state index in [0.717, 1.165) is 70.6 Å². The molecule has 11 heteroatoms. The Balaban J connectivity index is 2.04. The van der Waals surface area contributed by atoms with Crippen LogP contribution in [-0.2, 0) is 23.8 Å². The summed E-state index contributed by atoms with van der Waals surface area (Å²) in [5, 5.41) is 54.1. The summed E-state index contributed by atoms with van der Waals surface area (Å²) < 4.78 is 16.7. The lowest BCUT2D eigenvalue weighted by Gasteiger charge is -2.40. The van der Waals surface area contributed by atoms with E-state index in [1.807, 2.05) is 6.08 Å². The van der Waals surface area contributed by atoms with E-state index in [1.165, 1.54) is 180 Å². The quantitative estimate of drug-likeness (QED) is 0.0196. The third-order valence-corrected chi connectivity index (χ3v) is 13.9. The first-order chi connectivity index (χ1) is 33.2. The maximum atomic E-state index is 13.0. The lowest BCUT2D eigenvalue weighted by atomic mass is 9.99. The number of aliphatic hydroxyl groups excluding tert-OH is 5. The zero-order valence-corrected chi connectivity index (χ0v) is 44.1. The molecule has 0 radical (unpaired) electrons. The van der Waals surface area contributed by atoms with Gasteiger partial charge in [-0.25, -0.2) is 0 Å². The van der Waals surface area contributed by atoms with Crippen molar-refractivity contribution in [3.05, 3.63) is 12.2 Å². The highest BCUT2D eigenvalue weighted by Crippen LogP contribution is 2.23. The number of unbranched alkanes of at least 4 members (excludes halogenated alkanes) is 36. The SMILES string of the molecule is CCCCCCCCC/C=C/C(O)C(COC1OC(CO)C(O)C(O)C1O)NC(=O)CCCCCCCCCCCCCCCCOC(=O)CCCCCCCCCCCCCCCCCCC. The predicted octanol–water partition coefficient (Wildman–Crippen LogP) is 12.8. The second-order valence-electron chi connectivity index (χ2n) is 20.4. The van der Waals surface area contributed by atoms with Crippen molar-refractivity contribution in [2.45, 2.75) is 320 Å². The van der Waals surface area contributed by atoms with Gasteiger partial charge in [-0.15, -0.1) is 0 Å². The van der Waals surface area contributed by atoms with Gasteiger partial charge >= 0.3 is 5.97 Å². The Labute approximate surface area is 417 Å². The number of allylic oxidation sites excluding steroid dienone is 1. The van der Waals surface area contributed by atoms with Crippen molar-refractivity contribution < 1.29 is 49.3 Å². The Kier molecular flexibility index (Phi) is 45.2. The molecule has 0 aromatic carbocycles. The summed E-state index contributed by atoms with van der Waals surface area (Å²) in [6.45, 7) is 4.29. The lowest BCUT2D eigenvalue weighted by Crippen LogP contribution is -2.60. The van der Waals surface area contributed by atoms with Gasteiger partial charge in [0.15, 0.2) is 6.29 Å². The van der Waals surface area contributed by atoms with Gasteiger partial charge in [0.1, 0.15) is 24.4 Å². The molecule has 1 rings (SSSR count). The van der Waals surface area contributed by atoms with E-state index in [0.29, 0.717) is 19.4 Å². The number of rotatable bonds is 50. The average Bonchev–Trinajstić information content (AvgIpc) is 3.33. The second-order valence-corrected chi connectivity index (χ2v) is 20.4. The predicted molar refractivity (Wildman–Crippen MR) is 278 cm³/mol. The van der Waals surface area contributed by atoms with Gasteiger partial charge in [0.25, 0.3) is 0 Å². The van der Waals surface area contributed by atoms with Gasteiger partial charge in [-0.1, -0.05) is 244 Å². The molecule has 0 bridgehead atoms. The monoisotopic (exact) mass is 968 g/mol. The topological polar surface area (TPSA) is 175 Å². The molecule has 1 saturated heterocycles. The highest BCUT2D eigenvalue weighted by Gasteiger charge is 2.44. The number of carbonyl (C=O) groups excluding carboxylic acids is 2. The van der Waals surface area contributed by atoms with E-state index in [-0.39, 0.29) is 18.5 Å². The minimum Gasteiger partial charge on any atom is -0.466 e. The largest absolute Gasteiger partial charge is 0.466 e. The molecule has 0 aliphatic carbocycles. The molecule has 1 amide bonds. The fraction of sp³-hybridized carbons (Fsp3) is 0.930. The van der Waals surface area contributed by atoms with E-state index in [1.54, 1.807) is 6.08 Å². The highest BCUT2D eigenvalue weighted by atomic mass is 16.7. The zero-order valence-electron chi connectivity index (χ0n) is 44.1. The van der Waals surface area contributed by atoms with E-state index in [9.17, 15) is 35.1 Å². The van der Waals surface area contributed by atoms with Crippen molar-refractivity contribution in [2.75, 3.05) is 19.8 Å². The molecule has 0 saturated carbocycles. The summed E-state index contributed by atoms with van der Waals surface area (Å²) in [5.41, 5.74) is 0. The number of amides is 1.